The molecule has 0 aliphatic carbocycles. The number of aryl methyl sites for hydroxylation is 1. The van der Waals surface area contributed by atoms with Crippen LogP contribution in [0.5, 0.6) is 0 Å². The number of methoxy groups -OCH3 is 1. The maximum Gasteiger partial charge on any atom is 0.329 e. The molecule has 2 aromatic heterocycles. The van der Waals surface area contributed by atoms with Crippen molar-refractivity contribution in [3.63, 3.8) is 0 Å². The summed E-state index contributed by atoms with van der Waals surface area (Å²) in [6.07, 6.45) is 1.06. The van der Waals surface area contributed by atoms with Gasteiger partial charge in [-0.15, -0.1) is 0 Å². The second-order valence-electron chi connectivity index (χ2n) is 4.32. The zero-order valence-electron chi connectivity index (χ0n) is 11.6. The minimum absolute atomic E-state index is 0.161. The number of rotatable bonds is 6. The zero-order chi connectivity index (χ0) is 15.4. The van der Waals surface area contributed by atoms with Gasteiger partial charge in [-0.1, -0.05) is 0 Å². The Labute approximate surface area is 120 Å². The Hall–Kier alpha value is -2.68. The lowest BCUT2D eigenvalue weighted by Crippen LogP contribution is -2.18. The summed E-state index contributed by atoms with van der Waals surface area (Å²) in [5, 5.41) is 13.6. The van der Waals surface area contributed by atoms with E-state index in [-0.39, 0.29) is 23.5 Å². The van der Waals surface area contributed by atoms with Crippen LogP contribution in [-0.2, 0) is 4.74 Å². The van der Waals surface area contributed by atoms with Crippen molar-refractivity contribution in [1.29, 1.82) is 0 Å². The van der Waals surface area contributed by atoms with E-state index in [1.165, 1.54) is 0 Å². The molecule has 9 nitrogen and oxygen atoms in total. The second-order valence-corrected chi connectivity index (χ2v) is 4.32. The van der Waals surface area contributed by atoms with E-state index in [4.69, 9.17) is 14.9 Å². The van der Waals surface area contributed by atoms with Crippen molar-refractivity contribution >= 4 is 17.5 Å². The SMILES string of the molecule is COC[C@H](Nc1ncc([N+](=O)[O-])c(N)n1)c1ccc(C)o1. The first kappa shape index (κ1) is 14.7. The van der Waals surface area contributed by atoms with Crippen LogP contribution in [0.3, 0.4) is 0 Å². The molecule has 0 saturated heterocycles. The molecule has 0 aliphatic rings. The topological polar surface area (TPSA) is 129 Å². The standard InChI is InChI=1S/C12H15N5O4/c1-7-3-4-10(21-7)8(6-20-2)15-12-14-5-9(17(18)19)11(13)16-12/h3-5,8H,6H2,1-2H3,(H3,13,14,15,16)/t8-/m0/s1. The summed E-state index contributed by atoms with van der Waals surface area (Å²) in [5.74, 6) is 1.37. The minimum atomic E-state index is -0.637. The molecular formula is C12H15N5O4. The number of nitrogen functional groups attached to an aromatic ring is 1. The molecule has 0 aromatic carbocycles. The molecule has 0 spiro atoms. The molecule has 2 rings (SSSR count). The summed E-state index contributed by atoms with van der Waals surface area (Å²) in [6, 6.07) is 3.30. The molecule has 0 saturated carbocycles. The van der Waals surface area contributed by atoms with Gasteiger partial charge in [0.1, 0.15) is 23.8 Å². The first-order chi connectivity index (χ1) is 10.0. The fourth-order valence-corrected chi connectivity index (χ4v) is 1.76. The molecule has 21 heavy (non-hydrogen) atoms. The van der Waals surface area contributed by atoms with Crippen LogP contribution in [0.25, 0.3) is 0 Å². The third-order valence-corrected chi connectivity index (χ3v) is 2.74. The van der Waals surface area contributed by atoms with Gasteiger partial charge in [-0.3, -0.25) is 10.1 Å². The summed E-state index contributed by atoms with van der Waals surface area (Å²) in [7, 11) is 1.55. The lowest BCUT2D eigenvalue weighted by molar-refractivity contribution is -0.384. The normalized spacial score (nSPS) is 12.1. The molecule has 0 unspecified atom stereocenters. The Morgan fingerprint density at radius 3 is 2.86 bits per heavy atom. The highest BCUT2D eigenvalue weighted by molar-refractivity contribution is 5.53. The van der Waals surface area contributed by atoms with Crippen LogP contribution in [0.2, 0.25) is 0 Å². The van der Waals surface area contributed by atoms with Gasteiger partial charge in [-0.2, -0.15) is 4.98 Å². The van der Waals surface area contributed by atoms with E-state index >= 15 is 0 Å². The third-order valence-electron chi connectivity index (χ3n) is 2.74. The first-order valence-electron chi connectivity index (χ1n) is 6.10. The van der Waals surface area contributed by atoms with Gasteiger partial charge in [0.05, 0.1) is 11.5 Å². The van der Waals surface area contributed by atoms with Crippen LogP contribution in [0.1, 0.15) is 17.6 Å². The lowest BCUT2D eigenvalue weighted by atomic mass is 10.2. The van der Waals surface area contributed by atoms with Crippen molar-refractivity contribution in [2.24, 2.45) is 0 Å². The fraction of sp³-hybridized carbons (Fsp3) is 0.333. The van der Waals surface area contributed by atoms with Crippen LogP contribution < -0.4 is 11.1 Å². The number of nitrogens with one attached hydrogen (secondary N) is 1. The van der Waals surface area contributed by atoms with Crippen molar-refractivity contribution in [1.82, 2.24) is 9.97 Å². The van der Waals surface area contributed by atoms with Crippen LogP contribution in [-0.4, -0.2) is 28.6 Å². The highest BCUT2D eigenvalue weighted by Crippen LogP contribution is 2.23. The molecule has 0 fully saturated rings. The predicted octanol–water partition coefficient (Wildman–Crippen LogP) is 1.67. The number of aromatic nitrogens is 2. The number of anilines is 2. The number of nitrogens with two attached hydrogens (primary N) is 1. The lowest BCUT2D eigenvalue weighted by Gasteiger charge is -2.15. The fourth-order valence-electron chi connectivity index (χ4n) is 1.76. The number of nitrogens with zero attached hydrogens (tertiary/aromatic N) is 3. The van der Waals surface area contributed by atoms with Gasteiger partial charge >= 0.3 is 5.69 Å². The molecule has 3 N–H and O–H groups in total. The number of hydrogen-bond donors (Lipinski definition) is 2. The van der Waals surface area contributed by atoms with Gasteiger partial charge in [-0.05, 0) is 19.1 Å². The highest BCUT2D eigenvalue weighted by atomic mass is 16.6. The maximum absolute atomic E-state index is 10.7. The average Bonchev–Trinajstić information content (AvgIpc) is 2.84. The Morgan fingerprint density at radius 2 is 2.33 bits per heavy atom. The van der Waals surface area contributed by atoms with Crippen LogP contribution in [0.15, 0.2) is 22.7 Å². The molecule has 0 amide bonds. The van der Waals surface area contributed by atoms with E-state index in [9.17, 15) is 10.1 Å². The van der Waals surface area contributed by atoms with E-state index in [1.54, 1.807) is 13.2 Å². The number of furan rings is 1. The molecular weight excluding hydrogens is 278 g/mol. The smallest absolute Gasteiger partial charge is 0.329 e. The monoisotopic (exact) mass is 293 g/mol. The first-order valence-corrected chi connectivity index (χ1v) is 6.10. The highest BCUT2D eigenvalue weighted by Gasteiger charge is 2.19. The molecule has 1 atom stereocenters. The van der Waals surface area contributed by atoms with E-state index in [0.717, 1.165) is 12.0 Å². The summed E-state index contributed by atoms with van der Waals surface area (Å²) in [5.41, 5.74) is 5.19. The van der Waals surface area contributed by atoms with E-state index in [1.807, 2.05) is 13.0 Å². The van der Waals surface area contributed by atoms with E-state index < -0.39 is 4.92 Å². The summed E-state index contributed by atoms with van der Waals surface area (Å²) in [4.78, 5) is 17.8. The van der Waals surface area contributed by atoms with Gasteiger partial charge < -0.3 is 20.2 Å². The molecule has 2 heterocycles. The quantitative estimate of drug-likeness (QED) is 0.607. The predicted molar refractivity (Wildman–Crippen MR) is 74.8 cm³/mol. The minimum Gasteiger partial charge on any atom is -0.464 e. The molecule has 0 radical (unpaired) electrons. The Bertz CT molecular complexity index is 642. The molecule has 112 valence electrons. The Morgan fingerprint density at radius 1 is 1.57 bits per heavy atom. The van der Waals surface area contributed by atoms with Gasteiger partial charge in [0.25, 0.3) is 0 Å². The molecule has 9 heteroatoms. The van der Waals surface area contributed by atoms with Gasteiger partial charge in [0.2, 0.25) is 11.8 Å². The zero-order valence-corrected chi connectivity index (χ0v) is 11.6. The van der Waals surface area contributed by atoms with Crippen LogP contribution >= 0.6 is 0 Å². The van der Waals surface area contributed by atoms with Crippen molar-refractivity contribution in [3.8, 4) is 0 Å². The van der Waals surface area contributed by atoms with Crippen molar-refractivity contribution in [2.75, 3.05) is 24.8 Å². The number of ether oxygens (including phenoxy) is 1. The summed E-state index contributed by atoms with van der Waals surface area (Å²) in [6.45, 7) is 2.14. The van der Waals surface area contributed by atoms with Gasteiger partial charge in [0.15, 0.2) is 0 Å². The average molecular weight is 293 g/mol. The summed E-state index contributed by atoms with van der Waals surface area (Å²) >= 11 is 0. The van der Waals surface area contributed by atoms with E-state index in [0.29, 0.717) is 12.4 Å². The number of hydrogen-bond acceptors (Lipinski definition) is 8. The molecule has 2 aromatic rings. The molecule has 0 aliphatic heterocycles. The summed E-state index contributed by atoms with van der Waals surface area (Å²) < 4.78 is 10.6. The van der Waals surface area contributed by atoms with Gasteiger partial charge in [0, 0.05) is 7.11 Å². The van der Waals surface area contributed by atoms with Crippen LogP contribution in [0.4, 0.5) is 17.5 Å². The third kappa shape index (κ3) is 3.45. The van der Waals surface area contributed by atoms with Crippen LogP contribution in [0, 0.1) is 17.0 Å². The van der Waals surface area contributed by atoms with Crippen molar-refractivity contribution in [2.45, 2.75) is 13.0 Å². The largest absolute Gasteiger partial charge is 0.464 e. The Kier molecular flexibility index (Phi) is 4.33. The maximum atomic E-state index is 10.7. The van der Waals surface area contributed by atoms with Crippen molar-refractivity contribution < 1.29 is 14.1 Å². The van der Waals surface area contributed by atoms with Gasteiger partial charge in [-0.25, -0.2) is 4.98 Å². The van der Waals surface area contributed by atoms with Crippen molar-refractivity contribution in [3.05, 3.63) is 40.0 Å². The number of nitro groups is 1. The second kappa shape index (κ2) is 6.18. The van der Waals surface area contributed by atoms with E-state index in [2.05, 4.69) is 15.3 Å². The Balaban J connectivity index is 2.21. The molecule has 0 bridgehead atoms.